The quantitative estimate of drug-likeness (QED) is 0.685. The highest BCUT2D eigenvalue weighted by Crippen LogP contribution is 2.29. The van der Waals surface area contributed by atoms with Gasteiger partial charge in [-0.25, -0.2) is 4.79 Å². The molecule has 1 saturated heterocycles. The van der Waals surface area contributed by atoms with Crippen LogP contribution in [0.25, 0.3) is 0 Å². The molecular weight excluding hydrogens is 298 g/mol. The Labute approximate surface area is 127 Å². The Hall–Kier alpha value is -2.02. The Morgan fingerprint density at radius 1 is 1.48 bits per heavy atom. The SMILES string of the molecule is COC(=O)N1CCC(Nc2ccc(Cl)cc2[N+](=O)[O-])CC1. The molecule has 2 rings (SSSR count). The fraction of sp³-hybridized carbons (Fsp3) is 0.462. The summed E-state index contributed by atoms with van der Waals surface area (Å²) in [5.74, 6) is 0. The third kappa shape index (κ3) is 3.75. The van der Waals surface area contributed by atoms with Crippen molar-refractivity contribution in [1.29, 1.82) is 0 Å². The van der Waals surface area contributed by atoms with Crippen molar-refractivity contribution in [2.24, 2.45) is 0 Å². The first kappa shape index (κ1) is 15.4. The van der Waals surface area contributed by atoms with Gasteiger partial charge in [0.1, 0.15) is 5.69 Å². The molecule has 1 fully saturated rings. The first-order valence-corrected chi connectivity index (χ1v) is 6.92. The second kappa shape index (κ2) is 6.62. The van der Waals surface area contributed by atoms with E-state index in [0.717, 1.165) is 0 Å². The number of nitrogens with zero attached hydrogens (tertiary/aromatic N) is 2. The zero-order chi connectivity index (χ0) is 15.4. The third-order valence-corrected chi connectivity index (χ3v) is 3.68. The number of piperidine rings is 1. The third-order valence-electron chi connectivity index (χ3n) is 3.44. The summed E-state index contributed by atoms with van der Waals surface area (Å²) in [6, 6.07) is 4.62. The van der Waals surface area contributed by atoms with E-state index in [1.54, 1.807) is 17.0 Å². The molecule has 21 heavy (non-hydrogen) atoms. The minimum atomic E-state index is -0.461. The van der Waals surface area contributed by atoms with Crippen molar-refractivity contribution >= 4 is 29.1 Å². The molecule has 0 saturated carbocycles. The number of methoxy groups -OCH3 is 1. The van der Waals surface area contributed by atoms with E-state index in [1.165, 1.54) is 13.2 Å². The predicted octanol–water partition coefficient (Wildman–Crippen LogP) is 2.89. The van der Waals surface area contributed by atoms with Gasteiger partial charge in [-0.3, -0.25) is 10.1 Å². The van der Waals surface area contributed by atoms with Crippen LogP contribution in [0.4, 0.5) is 16.2 Å². The number of halogens is 1. The maximum Gasteiger partial charge on any atom is 0.409 e. The van der Waals surface area contributed by atoms with Crippen molar-refractivity contribution in [2.75, 3.05) is 25.5 Å². The molecule has 7 nitrogen and oxygen atoms in total. The van der Waals surface area contributed by atoms with Crippen LogP contribution >= 0.6 is 11.6 Å². The van der Waals surface area contributed by atoms with Crippen LogP contribution in [0.5, 0.6) is 0 Å². The maximum absolute atomic E-state index is 11.4. The van der Waals surface area contributed by atoms with Gasteiger partial charge in [0.2, 0.25) is 0 Å². The van der Waals surface area contributed by atoms with Gasteiger partial charge in [-0.1, -0.05) is 11.6 Å². The van der Waals surface area contributed by atoms with E-state index in [9.17, 15) is 14.9 Å². The second-order valence-electron chi connectivity index (χ2n) is 4.79. The monoisotopic (exact) mass is 313 g/mol. The van der Waals surface area contributed by atoms with E-state index in [2.05, 4.69) is 10.1 Å². The van der Waals surface area contributed by atoms with Crippen molar-refractivity contribution in [3.63, 3.8) is 0 Å². The molecule has 0 radical (unpaired) electrons. The number of ether oxygens (including phenoxy) is 1. The summed E-state index contributed by atoms with van der Waals surface area (Å²) < 4.78 is 4.67. The fourth-order valence-electron chi connectivity index (χ4n) is 2.33. The van der Waals surface area contributed by atoms with E-state index < -0.39 is 4.92 Å². The van der Waals surface area contributed by atoms with Gasteiger partial charge in [-0.15, -0.1) is 0 Å². The fourth-order valence-corrected chi connectivity index (χ4v) is 2.50. The van der Waals surface area contributed by atoms with Gasteiger partial charge < -0.3 is 15.0 Å². The van der Waals surface area contributed by atoms with Crippen molar-refractivity contribution < 1.29 is 14.5 Å². The van der Waals surface area contributed by atoms with Crippen LogP contribution in [0.3, 0.4) is 0 Å². The van der Waals surface area contributed by atoms with Crippen LogP contribution in [0.1, 0.15) is 12.8 Å². The Morgan fingerprint density at radius 2 is 2.14 bits per heavy atom. The Kier molecular flexibility index (Phi) is 4.85. The number of hydrogen-bond donors (Lipinski definition) is 1. The second-order valence-corrected chi connectivity index (χ2v) is 5.23. The topological polar surface area (TPSA) is 84.7 Å². The van der Waals surface area contributed by atoms with E-state index in [0.29, 0.717) is 36.6 Å². The van der Waals surface area contributed by atoms with Crippen LogP contribution < -0.4 is 5.32 Å². The number of hydrogen-bond acceptors (Lipinski definition) is 5. The number of anilines is 1. The van der Waals surface area contributed by atoms with Gasteiger partial charge in [-0.05, 0) is 25.0 Å². The average molecular weight is 314 g/mol. The lowest BCUT2D eigenvalue weighted by atomic mass is 10.0. The number of nitrogens with one attached hydrogen (secondary N) is 1. The molecule has 1 amide bonds. The number of rotatable bonds is 3. The van der Waals surface area contributed by atoms with Gasteiger partial charge in [0.05, 0.1) is 12.0 Å². The molecule has 0 bridgehead atoms. The molecule has 1 aromatic carbocycles. The van der Waals surface area contributed by atoms with Gasteiger partial charge in [0, 0.05) is 30.2 Å². The Morgan fingerprint density at radius 3 is 2.71 bits per heavy atom. The largest absolute Gasteiger partial charge is 0.453 e. The minimum absolute atomic E-state index is 0.0436. The number of amides is 1. The summed E-state index contributed by atoms with van der Waals surface area (Å²) >= 11 is 5.78. The van der Waals surface area contributed by atoms with Gasteiger partial charge in [-0.2, -0.15) is 0 Å². The molecule has 0 aromatic heterocycles. The predicted molar refractivity (Wildman–Crippen MR) is 78.7 cm³/mol. The van der Waals surface area contributed by atoms with Crippen molar-refractivity contribution in [3.05, 3.63) is 33.3 Å². The molecule has 1 aromatic rings. The normalized spacial score (nSPS) is 15.6. The summed E-state index contributed by atoms with van der Waals surface area (Å²) in [4.78, 5) is 23.6. The molecule has 1 aliphatic rings. The molecule has 0 unspecified atom stereocenters. The van der Waals surface area contributed by atoms with Crippen LogP contribution in [0.2, 0.25) is 5.02 Å². The molecule has 0 spiro atoms. The number of carbonyl (C=O) groups is 1. The molecule has 1 heterocycles. The molecular formula is C13H16ClN3O4. The summed E-state index contributed by atoms with van der Waals surface area (Å²) in [5.41, 5.74) is 0.402. The molecule has 114 valence electrons. The summed E-state index contributed by atoms with van der Waals surface area (Å²) in [5, 5.41) is 14.5. The number of nitro benzene ring substituents is 1. The van der Waals surface area contributed by atoms with E-state index in [-0.39, 0.29) is 17.8 Å². The first-order chi connectivity index (χ1) is 10.0. The van der Waals surface area contributed by atoms with Crippen molar-refractivity contribution in [1.82, 2.24) is 4.90 Å². The Balaban J connectivity index is 2.01. The highest BCUT2D eigenvalue weighted by atomic mass is 35.5. The molecule has 1 N–H and O–H groups in total. The van der Waals surface area contributed by atoms with Gasteiger partial charge in [0.25, 0.3) is 5.69 Å². The number of benzene rings is 1. The smallest absolute Gasteiger partial charge is 0.409 e. The maximum atomic E-state index is 11.4. The minimum Gasteiger partial charge on any atom is -0.453 e. The molecule has 8 heteroatoms. The average Bonchev–Trinajstić information content (AvgIpc) is 2.49. The standard InChI is InChI=1S/C13H16ClN3O4/c1-21-13(18)16-6-4-10(5-7-16)15-11-3-2-9(14)8-12(11)17(19)20/h2-3,8,10,15H,4-7H2,1H3. The highest BCUT2D eigenvalue weighted by Gasteiger charge is 2.25. The Bertz CT molecular complexity index is 544. The van der Waals surface area contributed by atoms with Crippen LogP contribution in [0.15, 0.2) is 18.2 Å². The van der Waals surface area contributed by atoms with Crippen LogP contribution in [0, 0.1) is 10.1 Å². The zero-order valence-electron chi connectivity index (χ0n) is 11.5. The van der Waals surface area contributed by atoms with E-state index >= 15 is 0 Å². The summed E-state index contributed by atoms with van der Waals surface area (Å²) in [7, 11) is 1.35. The van der Waals surface area contributed by atoms with Crippen LogP contribution in [-0.2, 0) is 4.74 Å². The zero-order valence-corrected chi connectivity index (χ0v) is 12.3. The van der Waals surface area contributed by atoms with E-state index in [1.807, 2.05) is 0 Å². The van der Waals surface area contributed by atoms with Crippen LogP contribution in [-0.4, -0.2) is 42.2 Å². The lowest BCUT2D eigenvalue weighted by Gasteiger charge is -2.31. The van der Waals surface area contributed by atoms with Crippen molar-refractivity contribution in [2.45, 2.75) is 18.9 Å². The number of likely N-dealkylation sites (tertiary alicyclic amines) is 1. The van der Waals surface area contributed by atoms with Gasteiger partial charge in [0.15, 0.2) is 0 Å². The molecule has 0 atom stereocenters. The molecule has 1 aliphatic heterocycles. The number of carbonyl (C=O) groups excluding carboxylic acids is 1. The van der Waals surface area contributed by atoms with Gasteiger partial charge >= 0.3 is 6.09 Å². The van der Waals surface area contributed by atoms with Crippen molar-refractivity contribution in [3.8, 4) is 0 Å². The van der Waals surface area contributed by atoms with E-state index in [4.69, 9.17) is 11.6 Å². The summed E-state index contributed by atoms with van der Waals surface area (Å²) in [6.07, 6.45) is 1.06. The highest BCUT2D eigenvalue weighted by molar-refractivity contribution is 6.30. The summed E-state index contributed by atoms with van der Waals surface area (Å²) in [6.45, 7) is 1.12. The first-order valence-electron chi connectivity index (χ1n) is 6.54. The molecule has 0 aliphatic carbocycles. The lowest BCUT2D eigenvalue weighted by molar-refractivity contribution is -0.384. The lowest BCUT2D eigenvalue weighted by Crippen LogP contribution is -2.42. The number of nitro groups is 1.